The van der Waals surface area contributed by atoms with Gasteiger partial charge in [-0.05, 0) is 49.9 Å². The van der Waals surface area contributed by atoms with E-state index in [4.69, 9.17) is 22.1 Å². The lowest BCUT2D eigenvalue weighted by Gasteiger charge is -2.27. The lowest BCUT2D eigenvalue weighted by Crippen LogP contribution is -2.40. The molecule has 0 unspecified atom stereocenters. The van der Waals surface area contributed by atoms with Gasteiger partial charge in [0.05, 0.1) is 27.7 Å². The smallest absolute Gasteiger partial charge is 0.258 e. The number of rotatable bonds is 5. The van der Waals surface area contributed by atoms with Crippen LogP contribution in [0.15, 0.2) is 41.5 Å². The van der Waals surface area contributed by atoms with Gasteiger partial charge in [0.15, 0.2) is 0 Å². The Morgan fingerprint density at radius 2 is 2.07 bits per heavy atom. The molecule has 0 radical (unpaired) electrons. The number of hydrogen-bond donors (Lipinski definition) is 3. The summed E-state index contributed by atoms with van der Waals surface area (Å²) < 4.78 is 5.74. The minimum atomic E-state index is -0.260. The summed E-state index contributed by atoms with van der Waals surface area (Å²) in [5, 5.41) is 3.83. The number of carbonyl (C=O) groups excluding carboxylic acids is 1. The van der Waals surface area contributed by atoms with E-state index < -0.39 is 0 Å². The zero-order chi connectivity index (χ0) is 21.1. The topological polar surface area (TPSA) is 123 Å². The van der Waals surface area contributed by atoms with E-state index >= 15 is 0 Å². The van der Waals surface area contributed by atoms with E-state index in [1.165, 1.54) is 12.4 Å². The highest BCUT2D eigenvalue weighted by molar-refractivity contribution is 6.33. The molecule has 1 fully saturated rings. The molecule has 2 aromatic heterocycles. The molecule has 1 saturated carbocycles. The molecule has 0 atom stereocenters. The van der Waals surface area contributed by atoms with Crippen molar-refractivity contribution < 1.29 is 9.53 Å². The van der Waals surface area contributed by atoms with Crippen molar-refractivity contribution in [3.05, 3.63) is 63.4 Å². The van der Waals surface area contributed by atoms with Crippen LogP contribution in [0.3, 0.4) is 0 Å². The highest BCUT2D eigenvalue weighted by Gasteiger charge is 2.22. The van der Waals surface area contributed by atoms with E-state index in [0.29, 0.717) is 33.1 Å². The molecule has 1 aliphatic rings. The highest BCUT2D eigenvalue weighted by atomic mass is 35.5. The third-order valence-corrected chi connectivity index (χ3v) is 5.55. The second kappa shape index (κ2) is 8.81. The van der Waals surface area contributed by atoms with Crippen molar-refractivity contribution in [1.82, 2.24) is 20.3 Å². The van der Waals surface area contributed by atoms with Crippen molar-refractivity contribution in [2.75, 3.05) is 0 Å². The van der Waals surface area contributed by atoms with Crippen LogP contribution in [0.4, 0.5) is 0 Å². The lowest BCUT2D eigenvalue weighted by molar-refractivity contribution is 0.0925. The van der Waals surface area contributed by atoms with Crippen LogP contribution >= 0.6 is 11.6 Å². The van der Waals surface area contributed by atoms with Gasteiger partial charge in [0.1, 0.15) is 18.2 Å². The SMILES string of the molecule is NC1CCC(NC(=O)c2cc(OCc3nc4cnccc4c(=O)[nH]3)ccc2Cl)CC1. The minimum Gasteiger partial charge on any atom is -0.486 e. The van der Waals surface area contributed by atoms with Crippen LogP contribution in [0.2, 0.25) is 5.02 Å². The number of aromatic nitrogens is 3. The fraction of sp³-hybridized carbons (Fsp3) is 0.333. The molecule has 1 aromatic carbocycles. The van der Waals surface area contributed by atoms with Crippen LogP contribution in [0.5, 0.6) is 5.75 Å². The average Bonchev–Trinajstić information content (AvgIpc) is 2.75. The van der Waals surface area contributed by atoms with Gasteiger partial charge in [-0.15, -0.1) is 0 Å². The molecule has 156 valence electrons. The minimum absolute atomic E-state index is 0.0310. The Balaban J connectivity index is 1.45. The summed E-state index contributed by atoms with van der Waals surface area (Å²) in [5.41, 5.74) is 6.49. The number of hydrogen-bond acceptors (Lipinski definition) is 6. The Bertz CT molecular complexity index is 1130. The largest absolute Gasteiger partial charge is 0.486 e. The first kappa shape index (κ1) is 20.3. The molecule has 1 amide bonds. The number of H-pyrrole nitrogens is 1. The van der Waals surface area contributed by atoms with Crippen LogP contribution in [0.25, 0.3) is 10.9 Å². The number of nitrogens with zero attached hydrogens (tertiary/aromatic N) is 2. The van der Waals surface area contributed by atoms with Gasteiger partial charge in [-0.2, -0.15) is 0 Å². The molecule has 4 rings (SSSR count). The van der Waals surface area contributed by atoms with Gasteiger partial charge in [-0.1, -0.05) is 11.6 Å². The first-order chi connectivity index (χ1) is 14.5. The molecule has 1 aliphatic carbocycles. The third kappa shape index (κ3) is 4.60. The molecule has 4 N–H and O–H groups in total. The van der Waals surface area contributed by atoms with Gasteiger partial charge < -0.3 is 20.8 Å². The van der Waals surface area contributed by atoms with Gasteiger partial charge >= 0.3 is 0 Å². The molecule has 2 heterocycles. The maximum Gasteiger partial charge on any atom is 0.258 e. The molecule has 0 saturated heterocycles. The van der Waals surface area contributed by atoms with E-state index in [9.17, 15) is 9.59 Å². The number of ether oxygens (including phenoxy) is 1. The first-order valence-corrected chi connectivity index (χ1v) is 10.2. The van der Waals surface area contributed by atoms with E-state index in [1.54, 1.807) is 24.3 Å². The molecule has 9 heteroatoms. The number of benzene rings is 1. The number of fused-ring (bicyclic) bond motifs is 1. The molecule has 30 heavy (non-hydrogen) atoms. The Labute approximate surface area is 177 Å². The van der Waals surface area contributed by atoms with Gasteiger partial charge in [0.25, 0.3) is 11.5 Å². The summed E-state index contributed by atoms with van der Waals surface area (Å²) in [6.07, 6.45) is 6.57. The fourth-order valence-electron chi connectivity index (χ4n) is 3.55. The Hall–Kier alpha value is -2.97. The maximum atomic E-state index is 12.7. The zero-order valence-corrected chi connectivity index (χ0v) is 17.0. The Morgan fingerprint density at radius 1 is 1.27 bits per heavy atom. The van der Waals surface area contributed by atoms with Crippen LogP contribution in [-0.2, 0) is 6.61 Å². The predicted molar refractivity (Wildman–Crippen MR) is 114 cm³/mol. The van der Waals surface area contributed by atoms with Crippen LogP contribution in [-0.4, -0.2) is 32.9 Å². The summed E-state index contributed by atoms with van der Waals surface area (Å²) in [4.78, 5) is 35.9. The third-order valence-electron chi connectivity index (χ3n) is 5.22. The van der Waals surface area contributed by atoms with Gasteiger partial charge in [-0.25, -0.2) is 4.98 Å². The standard InChI is InChI=1S/C21H22ClN5O3/c22-17-6-5-14(9-16(17)21(29)25-13-3-1-12(23)2-4-13)30-11-19-26-18-10-24-8-7-15(18)20(28)27-19/h5-10,12-13H,1-4,11,23H2,(H,25,29)(H,26,27,28). The monoisotopic (exact) mass is 427 g/mol. The number of nitrogens with two attached hydrogens (primary N) is 1. The summed E-state index contributed by atoms with van der Waals surface area (Å²) in [7, 11) is 0. The molecular weight excluding hydrogens is 406 g/mol. The zero-order valence-electron chi connectivity index (χ0n) is 16.2. The average molecular weight is 428 g/mol. The van der Waals surface area contributed by atoms with E-state index in [1.807, 2.05) is 0 Å². The van der Waals surface area contributed by atoms with Gasteiger partial charge in [-0.3, -0.25) is 14.6 Å². The molecule has 0 spiro atoms. The molecule has 0 bridgehead atoms. The van der Waals surface area contributed by atoms with Crippen molar-refractivity contribution >= 4 is 28.4 Å². The number of pyridine rings is 1. The van der Waals surface area contributed by atoms with Gasteiger partial charge in [0, 0.05) is 18.3 Å². The summed E-state index contributed by atoms with van der Waals surface area (Å²) in [6.45, 7) is 0.0310. The van der Waals surface area contributed by atoms with Crippen molar-refractivity contribution in [2.45, 2.75) is 44.4 Å². The molecule has 8 nitrogen and oxygen atoms in total. The molecular formula is C21H22ClN5O3. The summed E-state index contributed by atoms with van der Waals surface area (Å²) >= 11 is 6.23. The van der Waals surface area contributed by atoms with Crippen LogP contribution < -0.4 is 21.3 Å². The van der Waals surface area contributed by atoms with E-state index in [0.717, 1.165) is 25.7 Å². The Morgan fingerprint density at radius 3 is 2.87 bits per heavy atom. The number of aromatic amines is 1. The van der Waals surface area contributed by atoms with Gasteiger partial charge in [0.2, 0.25) is 0 Å². The molecule has 0 aliphatic heterocycles. The highest BCUT2D eigenvalue weighted by Crippen LogP contribution is 2.24. The fourth-order valence-corrected chi connectivity index (χ4v) is 3.76. The van der Waals surface area contributed by atoms with Crippen molar-refractivity contribution in [2.24, 2.45) is 5.73 Å². The Kier molecular flexibility index (Phi) is 5.96. The maximum absolute atomic E-state index is 12.7. The van der Waals surface area contributed by atoms with Crippen molar-refractivity contribution in [3.63, 3.8) is 0 Å². The number of halogens is 1. The molecule has 3 aromatic rings. The number of nitrogens with one attached hydrogen (secondary N) is 2. The van der Waals surface area contributed by atoms with Crippen molar-refractivity contribution in [3.8, 4) is 5.75 Å². The first-order valence-electron chi connectivity index (χ1n) is 9.81. The van der Waals surface area contributed by atoms with Crippen LogP contribution in [0.1, 0.15) is 41.9 Å². The second-order valence-electron chi connectivity index (χ2n) is 7.42. The second-order valence-corrected chi connectivity index (χ2v) is 7.83. The number of carbonyl (C=O) groups is 1. The lowest BCUT2D eigenvalue weighted by atomic mass is 9.91. The summed E-state index contributed by atoms with van der Waals surface area (Å²) in [6, 6.07) is 6.79. The van der Waals surface area contributed by atoms with Crippen molar-refractivity contribution in [1.29, 1.82) is 0 Å². The normalized spacial score (nSPS) is 18.9. The van der Waals surface area contributed by atoms with E-state index in [-0.39, 0.29) is 30.2 Å². The summed E-state index contributed by atoms with van der Waals surface area (Å²) in [5.74, 6) is 0.568. The van der Waals surface area contributed by atoms with Crippen LogP contribution in [0, 0.1) is 0 Å². The quantitative estimate of drug-likeness (QED) is 0.575. The number of amides is 1. The predicted octanol–water partition coefficient (Wildman–Crippen LogP) is 2.55. The van der Waals surface area contributed by atoms with E-state index in [2.05, 4.69) is 20.3 Å².